The fraction of sp³-hybridized carbons (Fsp3) is 0.586. The molecule has 0 fully saturated rings. The van der Waals surface area contributed by atoms with E-state index in [4.69, 9.17) is 37.2 Å². The smallest absolute Gasteiger partial charge is 0.192 e. The second kappa shape index (κ2) is 14.7. The minimum absolute atomic E-state index is 0.0436. The van der Waals surface area contributed by atoms with Crippen molar-refractivity contribution < 1.29 is 14.6 Å². The van der Waals surface area contributed by atoms with Gasteiger partial charge in [0.2, 0.25) is 0 Å². The van der Waals surface area contributed by atoms with E-state index in [1.807, 2.05) is 12.1 Å². The number of nitrogens with two attached hydrogens (primary N) is 2. The summed E-state index contributed by atoms with van der Waals surface area (Å²) in [6.45, 7) is 25.0. The van der Waals surface area contributed by atoms with Gasteiger partial charge < -0.3 is 26.1 Å². The van der Waals surface area contributed by atoms with Gasteiger partial charge in [0.15, 0.2) is 15.7 Å². The Morgan fingerprint density at radius 3 is 1.38 bits per heavy atom. The number of aryl methyl sites for hydroxylation is 1. The summed E-state index contributed by atoms with van der Waals surface area (Å²) in [6.07, 6.45) is 1.01. The van der Waals surface area contributed by atoms with E-state index in [-0.39, 0.29) is 18.3 Å². The molecule has 0 spiro atoms. The first kappa shape index (κ1) is 35.6. The summed E-state index contributed by atoms with van der Waals surface area (Å²) in [4.78, 5) is 0. The molecule has 0 bridgehead atoms. The van der Waals surface area contributed by atoms with Crippen LogP contribution in [0.2, 0.25) is 36.3 Å². The van der Waals surface area contributed by atoms with Gasteiger partial charge in [-0.25, -0.2) is 0 Å². The van der Waals surface area contributed by atoms with Crippen molar-refractivity contribution in [1.29, 1.82) is 0 Å². The van der Waals surface area contributed by atoms with Gasteiger partial charge >= 0.3 is 0 Å². The van der Waals surface area contributed by atoms with Crippen molar-refractivity contribution in [1.82, 2.24) is 0 Å². The number of aliphatic hydroxyl groups excluding tert-OH is 2. The van der Waals surface area contributed by atoms with E-state index in [2.05, 4.69) is 80.7 Å². The predicted molar refractivity (Wildman–Crippen MR) is 168 cm³/mol. The van der Waals surface area contributed by atoms with Crippen molar-refractivity contribution in [2.45, 2.75) is 111 Å². The molecule has 0 saturated carbocycles. The quantitative estimate of drug-likeness (QED) is 0.161. The van der Waals surface area contributed by atoms with Gasteiger partial charge in [0.25, 0.3) is 0 Å². The number of aliphatic hydroxyl groups is 2. The van der Waals surface area contributed by atoms with Crippen LogP contribution in [0.1, 0.15) is 70.7 Å². The molecule has 2 aromatic carbocycles. The summed E-state index contributed by atoms with van der Waals surface area (Å²) >= 11 is 6.15. The zero-order valence-electron chi connectivity index (χ0n) is 25.1. The Morgan fingerprint density at radius 1 is 0.703 bits per heavy atom. The number of nitrogen functional groups attached to an aromatic ring is 2. The monoisotopic (exact) mass is 568 g/mol. The third kappa shape index (κ3) is 13.3. The lowest BCUT2D eigenvalue weighted by molar-refractivity contribution is 0.275. The van der Waals surface area contributed by atoms with Crippen LogP contribution < -0.4 is 11.5 Å². The summed E-state index contributed by atoms with van der Waals surface area (Å²) in [7, 11) is -3.06. The molecule has 2 aromatic rings. The molecule has 2 rings (SSSR count). The van der Waals surface area contributed by atoms with Crippen LogP contribution >= 0.6 is 11.1 Å². The van der Waals surface area contributed by atoms with Crippen LogP contribution in [-0.2, 0) is 30.7 Å². The maximum atomic E-state index is 8.74. The molecule has 8 heteroatoms. The van der Waals surface area contributed by atoms with E-state index < -0.39 is 15.7 Å². The van der Waals surface area contributed by atoms with Crippen LogP contribution in [-0.4, -0.2) is 25.9 Å². The van der Waals surface area contributed by atoms with E-state index in [0.29, 0.717) is 17.3 Å². The molecule has 0 radical (unpaired) electrons. The molecular weight excluding hydrogens is 516 g/mol. The summed E-state index contributed by atoms with van der Waals surface area (Å²) in [6, 6.07) is 11.3. The number of halogens is 1. The van der Waals surface area contributed by atoms with E-state index in [1.165, 1.54) is 11.1 Å². The number of hydrogen-bond acceptors (Lipinski definition) is 5. The van der Waals surface area contributed by atoms with Gasteiger partial charge in [-0.3, -0.25) is 0 Å². The van der Waals surface area contributed by atoms with Crippen LogP contribution in [0.3, 0.4) is 0 Å². The molecule has 212 valence electrons. The van der Waals surface area contributed by atoms with Gasteiger partial charge in [0.05, 0.1) is 19.8 Å². The second-order valence-electron chi connectivity index (χ2n) is 12.6. The lowest BCUT2D eigenvalue weighted by atomic mass is 10.1. The number of hydrogen-bond donors (Lipinski definition) is 4. The fourth-order valence-electron chi connectivity index (χ4n) is 2.53. The first-order valence-corrected chi connectivity index (χ1v) is 19.9. The van der Waals surface area contributed by atoms with Crippen molar-refractivity contribution in [3.63, 3.8) is 0 Å². The molecule has 0 unspecified atom stereocenters. The Bertz CT molecular complexity index is 929. The van der Waals surface area contributed by atoms with E-state index >= 15 is 0 Å². The van der Waals surface area contributed by atoms with Crippen molar-refractivity contribution in [3.05, 3.63) is 58.7 Å². The standard InChI is InChI=1S/C15H27NOSi.C8H11NO2.C6H15ClSi/c1-7-12-8-13(10-14(16)9-12)11-17-18(5,6)15(2,3)4;9-8-2-6(4-10)1-7(3-8)5-11;1-6(2,3)8(4,5)7/h8-10H,7,11,16H2,1-6H3;1-3,10-11H,4-5,9H2;1-5H3. The minimum atomic E-state index is -1.67. The molecule has 37 heavy (non-hydrogen) atoms. The molecule has 5 nitrogen and oxygen atoms in total. The molecule has 0 saturated heterocycles. The molecule has 6 N–H and O–H groups in total. The van der Waals surface area contributed by atoms with Crippen LogP contribution in [0.15, 0.2) is 36.4 Å². The van der Waals surface area contributed by atoms with Crippen molar-refractivity contribution in [2.75, 3.05) is 11.5 Å². The Kier molecular flexibility index (Phi) is 14.2. The van der Waals surface area contributed by atoms with Crippen molar-refractivity contribution >= 4 is 38.2 Å². The highest BCUT2D eigenvalue weighted by molar-refractivity contribution is 7.20. The van der Waals surface area contributed by atoms with Gasteiger partial charge in [-0.2, -0.15) is 11.1 Å². The molecule has 0 amide bonds. The molecular formula is C29H53ClN2O3Si2. The van der Waals surface area contributed by atoms with Gasteiger partial charge in [-0.05, 0) is 76.1 Å². The normalized spacial score (nSPS) is 12.3. The fourth-order valence-corrected chi connectivity index (χ4v) is 3.49. The van der Waals surface area contributed by atoms with Crippen molar-refractivity contribution in [3.8, 4) is 0 Å². The number of rotatable bonds is 6. The van der Waals surface area contributed by atoms with Gasteiger partial charge in [-0.15, -0.1) is 0 Å². The molecule has 0 aliphatic heterocycles. The first-order valence-electron chi connectivity index (χ1n) is 13.0. The van der Waals surface area contributed by atoms with E-state index in [1.54, 1.807) is 18.2 Å². The van der Waals surface area contributed by atoms with Gasteiger partial charge in [-0.1, -0.05) is 73.7 Å². The average Bonchev–Trinajstić information content (AvgIpc) is 2.75. The number of anilines is 2. The Hall–Kier alpha value is -1.36. The highest BCUT2D eigenvalue weighted by Crippen LogP contribution is 2.38. The van der Waals surface area contributed by atoms with Crippen LogP contribution in [0.5, 0.6) is 0 Å². The minimum Gasteiger partial charge on any atom is -0.413 e. The highest BCUT2D eigenvalue weighted by atomic mass is 35.6. The molecule has 0 atom stereocenters. The van der Waals surface area contributed by atoms with Crippen LogP contribution in [0.4, 0.5) is 11.4 Å². The van der Waals surface area contributed by atoms with Crippen LogP contribution in [0, 0.1) is 0 Å². The average molecular weight is 569 g/mol. The second-order valence-corrected chi connectivity index (χ2v) is 24.7. The third-order valence-electron chi connectivity index (χ3n) is 7.11. The lowest BCUT2D eigenvalue weighted by Gasteiger charge is -2.36. The van der Waals surface area contributed by atoms with Gasteiger partial charge in [0, 0.05) is 11.4 Å². The Balaban J connectivity index is 0.000000580. The topological polar surface area (TPSA) is 102 Å². The maximum absolute atomic E-state index is 8.74. The summed E-state index contributed by atoms with van der Waals surface area (Å²) < 4.78 is 6.22. The largest absolute Gasteiger partial charge is 0.413 e. The molecule has 0 heterocycles. The SMILES string of the molecule is CC(C)(C)[Si](C)(C)Cl.CCc1cc(N)cc(CO[Si](C)(C)C(C)(C)C)c1.Nc1cc(CO)cc(CO)c1. The molecule has 0 aliphatic carbocycles. The van der Waals surface area contributed by atoms with Gasteiger partial charge in [0.1, 0.15) is 0 Å². The zero-order chi connectivity index (χ0) is 29.2. The summed E-state index contributed by atoms with van der Waals surface area (Å²) in [5, 5.41) is 18.1. The first-order chi connectivity index (χ1) is 16.7. The third-order valence-corrected chi connectivity index (χ3v) is 16.9. The predicted octanol–water partition coefficient (Wildman–Crippen LogP) is 7.84. The lowest BCUT2D eigenvalue weighted by Crippen LogP contribution is -2.40. The Labute approximate surface area is 233 Å². The summed E-state index contributed by atoms with van der Waals surface area (Å²) in [5.74, 6) is 0. The summed E-state index contributed by atoms with van der Waals surface area (Å²) in [5.41, 5.74) is 16.7. The molecule has 0 aromatic heterocycles. The van der Waals surface area contributed by atoms with E-state index in [9.17, 15) is 0 Å². The van der Waals surface area contributed by atoms with Crippen molar-refractivity contribution in [2.24, 2.45) is 0 Å². The molecule has 0 aliphatic rings. The van der Waals surface area contributed by atoms with Crippen LogP contribution in [0.25, 0.3) is 0 Å². The number of benzene rings is 2. The zero-order valence-corrected chi connectivity index (χ0v) is 27.9. The maximum Gasteiger partial charge on any atom is 0.192 e. The highest BCUT2D eigenvalue weighted by Gasteiger charge is 2.37. The Morgan fingerprint density at radius 2 is 1.05 bits per heavy atom. The van der Waals surface area contributed by atoms with E-state index in [0.717, 1.165) is 23.2 Å².